The molecule has 0 spiro atoms. The monoisotopic (exact) mass is 348 g/mol. The molecular formula is C20H20N4O2. The second-order valence-corrected chi connectivity index (χ2v) is 5.91. The van der Waals surface area contributed by atoms with E-state index in [1.54, 1.807) is 0 Å². The number of rotatable bonds is 7. The molecule has 0 aliphatic carbocycles. The highest BCUT2D eigenvalue weighted by Gasteiger charge is 2.08. The number of nitrogens with one attached hydrogen (secondary N) is 2. The van der Waals surface area contributed by atoms with E-state index in [2.05, 4.69) is 44.9 Å². The Morgan fingerprint density at radius 2 is 1.73 bits per heavy atom. The predicted octanol–water partition coefficient (Wildman–Crippen LogP) is 3.56. The minimum Gasteiger partial charge on any atom is -0.480 e. The van der Waals surface area contributed by atoms with Crippen LogP contribution in [0.2, 0.25) is 0 Å². The van der Waals surface area contributed by atoms with Crippen LogP contribution in [-0.2, 0) is 11.3 Å². The summed E-state index contributed by atoms with van der Waals surface area (Å²) in [4.78, 5) is 19.6. The second-order valence-electron chi connectivity index (χ2n) is 5.91. The molecule has 1 aromatic heterocycles. The molecule has 0 bridgehead atoms. The van der Waals surface area contributed by atoms with Crippen molar-refractivity contribution < 1.29 is 9.90 Å². The minimum atomic E-state index is -0.965. The summed E-state index contributed by atoms with van der Waals surface area (Å²) >= 11 is 0. The number of aliphatic carboxylic acids is 1. The molecule has 3 aromatic rings. The number of hydrogen-bond donors (Lipinski definition) is 3. The first-order chi connectivity index (χ1) is 12.6. The molecule has 0 unspecified atom stereocenters. The Labute approximate surface area is 152 Å². The molecule has 0 saturated carbocycles. The fourth-order valence-corrected chi connectivity index (χ4v) is 2.43. The molecule has 132 valence electrons. The lowest BCUT2D eigenvalue weighted by atomic mass is 10.1. The normalized spacial score (nSPS) is 10.3. The fraction of sp³-hybridized carbons (Fsp3) is 0.150. The Morgan fingerprint density at radius 1 is 1.00 bits per heavy atom. The van der Waals surface area contributed by atoms with Crippen LogP contribution in [0.5, 0.6) is 0 Å². The highest BCUT2D eigenvalue weighted by atomic mass is 16.4. The van der Waals surface area contributed by atoms with Gasteiger partial charge < -0.3 is 15.7 Å². The van der Waals surface area contributed by atoms with Gasteiger partial charge in [0, 0.05) is 18.2 Å². The lowest BCUT2D eigenvalue weighted by molar-refractivity contribution is -0.134. The summed E-state index contributed by atoms with van der Waals surface area (Å²) in [6.45, 7) is 2.42. The van der Waals surface area contributed by atoms with E-state index in [1.807, 2.05) is 43.3 Å². The first kappa shape index (κ1) is 17.4. The second kappa shape index (κ2) is 8.11. The van der Waals surface area contributed by atoms with Crippen molar-refractivity contribution >= 4 is 17.7 Å². The smallest absolute Gasteiger partial charge is 0.322 e. The van der Waals surface area contributed by atoms with Gasteiger partial charge in [-0.25, -0.2) is 4.98 Å². The largest absolute Gasteiger partial charge is 0.480 e. The topological polar surface area (TPSA) is 87.1 Å². The van der Waals surface area contributed by atoms with Gasteiger partial charge in [-0.05, 0) is 12.5 Å². The van der Waals surface area contributed by atoms with Crippen molar-refractivity contribution in [3.05, 3.63) is 71.8 Å². The average Bonchev–Trinajstić information content (AvgIpc) is 2.66. The van der Waals surface area contributed by atoms with Crippen LogP contribution in [0.4, 0.5) is 11.8 Å². The number of carboxylic acids is 1. The van der Waals surface area contributed by atoms with Crippen molar-refractivity contribution in [2.75, 3.05) is 17.2 Å². The van der Waals surface area contributed by atoms with Crippen molar-refractivity contribution in [2.24, 2.45) is 0 Å². The van der Waals surface area contributed by atoms with E-state index in [4.69, 9.17) is 5.11 Å². The molecule has 0 atom stereocenters. The summed E-state index contributed by atoms with van der Waals surface area (Å²) < 4.78 is 0. The van der Waals surface area contributed by atoms with Crippen LogP contribution in [0.3, 0.4) is 0 Å². The maximum Gasteiger partial charge on any atom is 0.322 e. The van der Waals surface area contributed by atoms with Gasteiger partial charge >= 0.3 is 5.97 Å². The average molecular weight is 348 g/mol. The number of carbonyl (C=O) groups is 1. The Hall–Kier alpha value is -3.41. The van der Waals surface area contributed by atoms with Crippen LogP contribution in [-0.4, -0.2) is 27.6 Å². The first-order valence-electron chi connectivity index (χ1n) is 8.30. The van der Waals surface area contributed by atoms with Gasteiger partial charge in [-0.1, -0.05) is 60.2 Å². The zero-order valence-corrected chi connectivity index (χ0v) is 14.4. The predicted molar refractivity (Wildman–Crippen MR) is 102 cm³/mol. The van der Waals surface area contributed by atoms with E-state index in [-0.39, 0.29) is 12.5 Å². The number of aryl methyl sites for hydroxylation is 1. The lowest BCUT2D eigenvalue weighted by Gasteiger charge is -2.11. The zero-order chi connectivity index (χ0) is 18.4. The van der Waals surface area contributed by atoms with Crippen LogP contribution >= 0.6 is 0 Å². The molecule has 2 aromatic carbocycles. The summed E-state index contributed by atoms with van der Waals surface area (Å²) in [7, 11) is 0. The SMILES string of the molecule is Cc1ccc(CNc2cc(-c3ccccc3)nc(NCC(=O)O)n2)cc1. The maximum atomic E-state index is 10.8. The third-order valence-electron chi connectivity index (χ3n) is 3.79. The molecule has 6 nitrogen and oxygen atoms in total. The Kier molecular flexibility index (Phi) is 5.43. The molecule has 0 amide bonds. The first-order valence-corrected chi connectivity index (χ1v) is 8.30. The van der Waals surface area contributed by atoms with Gasteiger partial charge in [0.05, 0.1) is 5.69 Å². The van der Waals surface area contributed by atoms with E-state index in [0.717, 1.165) is 16.8 Å². The molecule has 3 N–H and O–H groups in total. The molecule has 0 radical (unpaired) electrons. The molecule has 6 heteroatoms. The van der Waals surface area contributed by atoms with Gasteiger partial charge in [-0.15, -0.1) is 0 Å². The number of carboxylic acid groups (broad SMARTS) is 1. The van der Waals surface area contributed by atoms with Gasteiger partial charge in [0.1, 0.15) is 12.4 Å². The van der Waals surface area contributed by atoms with Crippen LogP contribution in [0, 0.1) is 6.92 Å². The number of benzene rings is 2. The number of hydrogen-bond acceptors (Lipinski definition) is 5. The Morgan fingerprint density at radius 3 is 2.42 bits per heavy atom. The molecular weight excluding hydrogens is 328 g/mol. The van der Waals surface area contributed by atoms with Crippen molar-refractivity contribution in [2.45, 2.75) is 13.5 Å². The Bertz CT molecular complexity index is 880. The molecule has 3 rings (SSSR count). The summed E-state index contributed by atoms with van der Waals surface area (Å²) in [5, 5.41) is 14.9. The minimum absolute atomic E-state index is 0.240. The van der Waals surface area contributed by atoms with E-state index in [1.165, 1.54) is 5.56 Å². The van der Waals surface area contributed by atoms with Crippen LogP contribution in [0.25, 0.3) is 11.3 Å². The summed E-state index contributed by atoms with van der Waals surface area (Å²) in [5.74, 6) is -0.0552. The fourth-order valence-electron chi connectivity index (χ4n) is 2.43. The van der Waals surface area contributed by atoms with Gasteiger partial charge in [0.15, 0.2) is 0 Å². The summed E-state index contributed by atoms with van der Waals surface area (Å²) in [6.07, 6.45) is 0. The van der Waals surface area contributed by atoms with Crippen molar-refractivity contribution in [1.29, 1.82) is 0 Å². The van der Waals surface area contributed by atoms with Crippen molar-refractivity contribution in [3.63, 3.8) is 0 Å². The van der Waals surface area contributed by atoms with E-state index < -0.39 is 5.97 Å². The Balaban J connectivity index is 1.83. The highest BCUT2D eigenvalue weighted by Crippen LogP contribution is 2.21. The third kappa shape index (κ3) is 4.80. The number of nitrogens with zero attached hydrogens (tertiary/aromatic N) is 2. The van der Waals surface area contributed by atoms with E-state index >= 15 is 0 Å². The van der Waals surface area contributed by atoms with E-state index in [0.29, 0.717) is 12.4 Å². The van der Waals surface area contributed by atoms with Crippen molar-refractivity contribution in [3.8, 4) is 11.3 Å². The summed E-state index contributed by atoms with van der Waals surface area (Å²) in [5.41, 5.74) is 4.00. The van der Waals surface area contributed by atoms with E-state index in [9.17, 15) is 4.79 Å². The molecule has 26 heavy (non-hydrogen) atoms. The lowest BCUT2D eigenvalue weighted by Crippen LogP contribution is -2.15. The molecule has 0 aliphatic rings. The van der Waals surface area contributed by atoms with Gasteiger partial charge in [-0.2, -0.15) is 4.98 Å². The van der Waals surface area contributed by atoms with Gasteiger partial charge in [0.25, 0.3) is 0 Å². The number of aromatic nitrogens is 2. The quantitative estimate of drug-likeness (QED) is 0.605. The van der Waals surface area contributed by atoms with Gasteiger partial charge in [0.2, 0.25) is 5.95 Å². The molecule has 0 fully saturated rings. The third-order valence-corrected chi connectivity index (χ3v) is 3.79. The molecule has 0 saturated heterocycles. The van der Waals surface area contributed by atoms with Crippen LogP contribution in [0.15, 0.2) is 60.7 Å². The van der Waals surface area contributed by atoms with Gasteiger partial charge in [-0.3, -0.25) is 4.79 Å². The number of anilines is 2. The maximum absolute atomic E-state index is 10.8. The standard InChI is InChI=1S/C20H20N4O2/c1-14-7-9-15(10-8-14)12-21-18-11-17(16-5-3-2-4-6-16)23-20(24-18)22-13-19(25)26/h2-11H,12-13H2,1H3,(H,25,26)(H2,21,22,23,24). The van der Waals surface area contributed by atoms with Crippen molar-refractivity contribution in [1.82, 2.24) is 9.97 Å². The van der Waals surface area contributed by atoms with Crippen LogP contribution in [0.1, 0.15) is 11.1 Å². The zero-order valence-electron chi connectivity index (χ0n) is 14.4. The molecule has 1 heterocycles. The molecule has 0 aliphatic heterocycles. The summed E-state index contributed by atoms with van der Waals surface area (Å²) in [6, 6.07) is 19.8. The van der Waals surface area contributed by atoms with Crippen LogP contribution < -0.4 is 10.6 Å². The highest BCUT2D eigenvalue weighted by molar-refractivity contribution is 5.72.